The molecule has 7 nitrogen and oxygen atoms in total. The van der Waals surface area contributed by atoms with Crippen LogP contribution in [0.3, 0.4) is 0 Å². The number of hydroxylamine groups is 2. The Labute approximate surface area is 112 Å². The number of carbonyl (C=O) groups excluding carboxylic acids is 3. The number of nitrogens with zero attached hydrogens (tertiary/aromatic N) is 1. The molecule has 2 saturated heterocycles. The number of hydrogen-bond acceptors (Lipinski definition) is 6. The summed E-state index contributed by atoms with van der Waals surface area (Å²) in [6.45, 7) is 0. The van der Waals surface area contributed by atoms with E-state index in [0.717, 1.165) is 0 Å². The zero-order valence-corrected chi connectivity index (χ0v) is 10.1. The highest BCUT2D eigenvalue weighted by Gasteiger charge is 2.62. The maximum Gasteiger partial charge on any atom is 0.398 e. The van der Waals surface area contributed by atoms with Gasteiger partial charge in [-0.3, -0.25) is 9.59 Å². The Bertz CT molecular complexity index is 603. The van der Waals surface area contributed by atoms with Crippen LogP contribution in [0.5, 0.6) is 0 Å². The Morgan fingerprint density at radius 3 is 2.35 bits per heavy atom. The van der Waals surface area contributed by atoms with Crippen LogP contribution in [-0.2, 0) is 19.2 Å². The number of amides is 2. The summed E-state index contributed by atoms with van der Waals surface area (Å²) in [7, 11) is 0. The van der Waals surface area contributed by atoms with Crippen molar-refractivity contribution in [1.82, 2.24) is 5.06 Å². The van der Waals surface area contributed by atoms with Gasteiger partial charge in [-0.2, -0.15) is 0 Å². The average molecular weight is 275 g/mol. The highest BCUT2D eigenvalue weighted by atomic mass is 16.7. The normalized spacial score (nSPS) is 33.9. The molecule has 2 fully saturated rings. The summed E-state index contributed by atoms with van der Waals surface area (Å²) in [5.41, 5.74) is 0. The van der Waals surface area contributed by atoms with Crippen LogP contribution >= 0.6 is 0 Å². The molecule has 4 rings (SSSR count). The molecular weight excluding hydrogens is 266 g/mol. The van der Waals surface area contributed by atoms with Gasteiger partial charge in [-0.05, 0) is 12.1 Å². The van der Waals surface area contributed by atoms with Crippen molar-refractivity contribution in [2.75, 3.05) is 0 Å². The first-order valence-corrected chi connectivity index (χ1v) is 6.14. The van der Waals surface area contributed by atoms with Crippen molar-refractivity contribution in [2.24, 2.45) is 11.8 Å². The highest BCUT2D eigenvalue weighted by Crippen LogP contribution is 2.45. The lowest BCUT2D eigenvalue weighted by atomic mass is 9.85. The van der Waals surface area contributed by atoms with Gasteiger partial charge >= 0.3 is 5.97 Å². The average Bonchev–Trinajstić information content (AvgIpc) is 3.18. The number of ether oxygens (including phenoxy) is 1. The van der Waals surface area contributed by atoms with Crippen molar-refractivity contribution in [1.29, 1.82) is 0 Å². The van der Waals surface area contributed by atoms with E-state index in [1.807, 2.05) is 0 Å². The lowest BCUT2D eigenvalue weighted by molar-refractivity contribution is -0.177. The lowest BCUT2D eigenvalue weighted by Gasteiger charge is -2.15. The molecular formula is C13H9NO6. The molecule has 0 spiro atoms. The first kappa shape index (κ1) is 11.4. The minimum Gasteiger partial charge on any atom is -0.457 e. The van der Waals surface area contributed by atoms with E-state index < -0.39 is 41.8 Å². The second-order valence-corrected chi connectivity index (χ2v) is 4.83. The van der Waals surface area contributed by atoms with Gasteiger partial charge in [0.25, 0.3) is 11.8 Å². The smallest absolute Gasteiger partial charge is 0.398 e. The summed E-state index contributed by atoms with van der Waals surface area (Å²) in [6, 6.07) is 2.90. The van der Waals surface area contributed by atoms with E-state index in [4.69, 9.17) is 14.0 Å². The Kier molecular flexibility index (Phi) is 2.17. The van der Waals surface area contributed by atoms with E-state index in [1.165, 1.54) is 18.4 Å². The topological polar surface area (TPSA) is 86.0 Å². The van der Waals surface area contributed by atoms with Gasteiger partial charge in [-0.1, -0.05) is 12.2 Å². The summed E-state index contributed by atoms with van der Waals surface area (Å²) in [5, 5.41) is 0.537. The van der Waals surface area contributed by atoms with E-state index in [-0.39, 0.29) is 5.76 Å². The molecule has 2 bridgehead atoms. The first-order valence-electron chi connectivity index (χ1n) is 6.14. The number of carbonyl (C=O) groups is 3. The molecule has 1 aromatic rings. The van der Waals surface area contributed by atoms with Crippen LogP contribution in [0, 0.1) is 11.8 Å². The molecule has 0 N–H and O–H groups in total. The molecule has 20 heavy (non-hydrogen) atoms. The Morgan fingerprint density at radius 1 is 1.15 bits per heavy atom. The Morgan fingerprint density at radius 2 is 1.80 bits per heavy atom. The number of imide groups is 1. The fourth-order valence-electron chi connectivity index (χ4n) is 2.89. The van der Waals surface area contributed by atoms with Crippen LogP contribution < -0.4 is 0 Å². The third kappa shape index (κ3) is 1.35. The van der Waals surface area contributed by atoms with Crippen molar-refractivity contribution in [3.8, 4) is 0 Å². The summed E-state index contributed by atoms with van der Waals surface area (Å²) < 4.78 is 10.3. The van der Waals surface area contributed by atoms with Gasteiger partial charge in [0.2, 0.25) is 5.76 Å². The van der Waals surface area contributed by atoms with Crippen LogP contribution in [0.2, 0.25) is 0 Å². The molecule has 4 heterocycles. The molecule has 0 aliphatic carbocycles. The molecule has 0 unspecified atom stereocenters. The van der Waals surface area contributed by atoms with Gasteiger partial charge < -0.3 is 14.0 Å². The van der Waals surface area contributed by atoms with Crippen LogP contribution in [0.25, 0.3) is 0 Å². The third-order valence-electron chi connectivity index (χ3n) is 3.77. The van der Waals surface area contributed by atoms with Crippen molar-refractivity contribution in [3.63, 3.8) is 0 Å². The molecule has 3 aliphatic heterocycles. The van der Waals surface area contributed by atoms with Crippen molar-refractivity contribution in [2.45, 2.75) is 12.2 Å². The predicted molar refractivity (Wildman–Crippen MR) is 60.8 cm³/mol. The molecule has 0 radical (unpaired) electrons. The van der Waals surface area contributed by atoms with Crippen molar-refractivity contribution in [3.05, 3.63) is 36.3 Å². The quantitative estimate of drug-likeness (QED) is 0.569. The van der Waals surface area contributed by atoms with Gasteiger partial charge in [0.05, 0.1) is 30.3 Å². The monoisotopic (exact) mass is 275 g/mol. The first-order chi connectivity index (χ1) is 9.66. The summed E-state index contributed by atoms with van der Waals surface area (Å²) in [4.78, 5) is 41.0. The number of fused-ring (bicyclic) bond motifs is 5. The van der Waals surface area contributed by atoms with Crippen LogP contribution in [-0.4, -0.2) is 35.1 Å². The standard InChI is InChI=1S/C13H9NO6/c15-11-9-6-3-4-7(19-6)10(9)12(16)14(11)20-13(17)8-2-1-5-18-8/h1-7,9-10H/t6-,7+,9-,10+. The maximum absolute atomic E-state index is 12.2. The number of furan rings is 1. The third-order valence-corrected chi connectivity index (χ3v) is 3.77. The molecule has 0 saturated carbocycles. The molecule has 4 atom stereocenters. The Hall–Kier alpha value is -2.41. The van der Waals surface area contributed by atoms with Gasteiger partial charge in [0, 0.05) is 0 Å². The summed E-state index contributed by atoms with van der Waals surface area (Å²) >= 11 is 0. The van der Waals surface area contributed by atoms with Crippen molar-refractivity contribution >= 4 is 17.8 Å². The van der Waals surface area contributed by atoms with E-state index in [2.05, 4.69) is 0 Å². The number of rotatable bonds is 2. The van der Waals surface area contributed by atoms with Gasteiger partial charge in [0.15, 0.2) is 0 Å². The molecule has 7 heteroatoms. The zero-order chi connectivity index (χ0) is 13.9. The summed E-state index contributed by atoms with van der Waals surface area (Å²) in [6.07, 6.45) is 4.00. The van der Waals surface area contributed by atoms with Crippen LogP contribution in [0.4, 0.5) is 0 Å². The fraction of sp³-hybridized carbons (Fsp3) is 0.308. The maximum atomic E-state index is 12.2. The minimum absolute atomic E-state index is 0.0694. The van der Waals surface area contributed by atoms with Gasteiger partial charge in [-0.15, -0.1) is 5.06 Å². The molecule has 102 valence electrons. The van der Waals surface area contributed by atoms with Crippen molar-refractivity contribution < 1.29 is 28.4 Å². The molecule has 2 amide bonds. The van der Waals surface area contributed by atoms with E-state index in [1.54, 1.807) is 12.2 Å². The van der Waals surface area contributed by atoms with E-state index in [9.17, 15) is 14.4 Å². The predicted octanol–water partition coefficient (Wildman–Crippen LogP) is 0.290. The van der Waals surface area contributed by atoms with E-state index in [0.29, 0.717) is 5.06 Å². The van der Waals surface area contributed by atoms with Gasteiger partial charge in [-0.25, -0.2) is 4.79 Å². The van der Waals surface area contributed by atoms with Gasteiger partial charge in [0.1, 0.15) is 0 Å². The van der Waals surface area contributed by atoms with Crippen LogP contribution in [0.1, 0.15) is 10.6 Å². The number of hydrogen-bond donors (Lipinski definition) is 0. The fourth-order valence-corrected chi connectivity index (χ4v) is 2.89. The molecule has 1 aromatic heterocycles. The zero-order valence-electron chi connectivity index (χ0n) is 10.1. The second-order valence-electron chi connectivity index (χ2n) is 4.83. The van der Waals surface area contributed by atoms with Crippen LogP contribution in [0.15, 0.2) is 35.0 Å². The Balaban J connectivity index is 1.57. The molecule has 3 aliphatic rings. The minimum atomic E-state index is -0.877. The molecule has 0 aromatic carbocycles. The SMILES string of the molecule is O=C(ON1C(=O)[C@@H]2[C@H](C1=O)[C@H]1C=C[C@@H]2O1)c1ccco1. The highest BCUT2D eigenvalue weighted by molar-refractivity contribution is 6.06. The largest absolute Gasteiger partial charge is 0.457 e. The second kappa shape index (κ2) is 3.80. The summed E-state index contributed by atoms with van der Waals surface area (Å²) in [5.74, 6) is -3.23. The van der Waals surface area contributed by atoms with E-state index >= 15 is 0 Å². The lowest BCUT2D eigenvalue weighted by Crippen LogP contribution is -2.36.